The number of rotatable bonds is 6. The molecule has 1 fully saturated rings. The van der Waals surface area contributed by atoms with Gasteiger partial charge in [0, 0.05) is 37.4 Å². The van der Waals surface area contributed by atoms with Crippen LogP contribution in [-0.4, -0.2) is 57.2 Å². The third-order valence-corrected chi connectivity index (χ3v) is 7.30. The lowest BCUT2D eigenvalue weighted by atomic mass is 9.80. The van der Waals surface area contributed by atoms with Crippen molar-refractivity contribution in [1.29, 1.82) is 0 Å². The van der Waals surface area contributed by atoms with Gasteiger partial charge < -0.3 is 10.2 Å². The monoisotopic (exact) mass is 651 g/mol. The molecule has 0 radical (unpaired) electrons. The SMILES string of the molecule is CC.CC.CC.CCN1CCC(C(C)(C)C)C1.CCNCC(C)C.CCn1cc(C(C)(C)C)cn1.CCn1ccc(C(C)(C)C)n1. The number of likely N-dealkylation sites (tertiary alicyclic amines) is 1. The summed E-state index contributed by atoms with van der Waals surface area (Å²) < 4.78 is 3.92. The van der Waals surface area contributed by atoms with Crippen LogP contribution >= 0.6 is 0 Å². The van der Waals surface area contributed by atoms with Crippen LogP contribution in [0.15, 0.2) is 24.7 Å². The Morgan fingerprint density at radius 3 is 1.52 bits per heavy atom. The molecule has 1 aliphatic rings. The molecule has 0 spiro atoms. The molecule has 1 aliphatic heterocycles. The van der Waals surface area contributed by atoms with Crippen LogP contribution in [0.25, 0.3) is 0 Å². The van der Waals surface area contributed by atoms with Crippen LogP contribution in [0.5, 0.6) is 0 Å². The maximum Gasteiger partial charge on any atom is 0.0677 e. The Kier molecular flexibility index (Phi) is 31.6. The first-order valence-electron chi connectivity index (χ1n) is 18.9. The zero-order chi connectivity index (χ0) is 37.1. The van der Waals surface area contributed by atoms with Crippen LogP contribution in [-0.2, 0) is 23.9 Å². The first-order chi connectivity index (χ1) is 21.4. The smallest absolute Gasteiger partial charge is 0.0677 e. The number of nitrogens with zero attached hydrogens (tertiary/aromatic N) is 5. The average molecular weight is 651 g/mol. The fraction of sp³-hybridized carbons (Fsp3) is 0.850. The molecule has 2 aromatic rings. The largest absolute Gasteiger partial charge is 0.317 e. The molecule has 0 aliphatic carbocycles. The molecule has 276 valence electrons. The molecule has 0 aromatic carbocycles. The van der Waals surface area contributed by atoms with E-state index in [9.17, 15) is 0 Å². The van der Waals surface area contributed by atoms with Gasteiger partial charge in [-0.2, -0.15) is 10.2 Å². The quantitative estimate of drug-likeness (QED) is 0.338. The highest BCUT2D eigenvalue weighted by molar-refractivity contribution is 5.15. The van der Waals surface area contributed by atoms with Gasteiger partial charge in [-0.1, -0.05) is 132 Å². The summed E-state index contributed by atoms with van der Waals surface area (Å²) in [6, 6.07) is 2.09. The molecule has 1 atom stereocenters. The second-order valence-electron chi connectivity index (χ2n) is 14.6. The fourth-order valence-corrected chi connectivity index (χ4v) is 4.12. The van der Waals surface area contributed by atoms with E-state index in [0.29, 0.717) is 5.41 Å². The first kappa shape index (κ1) is 51.2. The van der Waals surface area contributed by atoms with Crippen molar-refractivity contribution >= 4 is 0 Å². The summed E-state index contributed by atoms with van der Waals surface area (Å²) in [4.78, 5) is 2.55. The topological polar surface area (TPSA) is 50.9 Å². The molecule has 1 unspecified atom stereocenters. The number of aryl methyl sites for hydroxylation is 2. The van der Waals surface area contributed by atoms with Crippen molar-refractivity contribution in [3.05, 3.63) is 35.9 Å². The van der Waals surface area contributed by atoms with Crippen LogP contribution in [0, 0.1) is 17.3 Å². The van der Waals surface area contributed by atoms with E-state index in [2.05, 4.69) is 137 Å². The molecule has 6 heteroatoms. The summed E-state index contributed by atoms with van der Waals surface area (Å²) >= 11 is 0. The Balaban J connectivity index is -0.000000245. The van der Waals surface area contributed by atoms with Gasteiger partial charge in [0.05, 0.1) is 11.9 Å². The van der Waals surface area contributed by atoms with E-state index in [-0.39, 0.29) is 10.8 Å². The fourth-order valence-electron chi connectivity index (χ4n) is 4.12. The highest BCUT2D eigenvalue weighted by Crippen LogP contribution is 2.33. The zero-order valence-electron chi connectivity index (χ0n) is 35.4. The van der Waals surface area contributed by atoms with Gasteiger partial charge in [0.2, 0.25) is 0 Å². The lowest BCUT2D eigenvalue weighted by molar-refractivity contribution is 0.233. The summed E-state index contributed by atoms with van der Waals surface area (Å²) in [6.45, 7) is 53.2. The normalized spacial score (nSPS) is 14.3. The Labute approximate surface area is 290 Å². The molecular formula is C40H86N6. The minimum absolute atomic E-state index is 0.181. The van der Waals surface area contributed by atoms with Crippen LogP contribution < -0.4 is 5.32 Å². The van der Waals surface area contributed by atoms with Crippen LogP contribution in [0.3, 0.4) is 0 Å². The highest BCUT2D eigenvalue weighted by Gasteiger charge is 2.30. The molecule has 1 N–H and O–H groups in total. The van der Waals surface area contributed by atoms with Gasteiger partial charge in [0.1, 0.15) is 0 Å². The van der Waals surface area contributed by atoms with E-state index < -0.39 is 0 Å². The van der Waals surface area contributed by atoms with Crippen molar-refractivity contribution in [1.82, 2.24) is 29.8 Å². The number of hydrogen-bond donors (Lipinski definition) is 1. The van der Waals surface area contributed by atoms with Crippen LogP contribution in [0.1, 0.15) is 163 Å². The Hall–Kier alpha value is -1.66. The van der Waals surface area contributed by atoms with E-state index >= 15 is 0 Å². The summed E-state index contributed by atoms with van der Waals surface area (Å²) in [6.07, 6.45) is 7.49. The average Bonchev–Trinajstić information content (AvgIpc) is 3.80. The van der Waals surface area contributed by atoms with E-state index in [4.69, 9.17) is 0 Å². The van der Waals surface area contributed by atoms with E-state index in [1.165, 1.54) is 37.3 Å². The summed E-state index contributed by atoms with van der Waals surface area (Å²) in [5.74, 6) is 1.71. The van der Waals surface area contributed by atoms with Crippen molar-refractivity contribution in [3.8, 4) is 0 Å². The molecule has 3 rings (SSSR count). The van der Waals surface area contributed by atoms with Crippen molar-refractivity contribution in [2.75, 3.05) is 32.7 Å². The van der Waals surface area contributed by atoms with Crippen molar-refractivity contribution in [2.24, 2.45) is 17.3 Å². The number of aromatic nitrogens is 4. The molecule has 3 heterocycles. The van der Waals surface area contributed by atoms with E-state index in [0.717, 1.165) is 38.0 Å². The maximum absolute atomic E-state index is 4.42. The van der Waals surface area contributed by atoms with Crippen molar-refractivity contribution < 1.29 is 0 Å². The molecule has 1 saturated heterocycles. The molecular weight excluding hydrogens is 564 g/mol. The second-order valence-corrected chi connectivity index (χ2v) is 14.6. The third kappa shape index (κ3) is 25.4. The molecule has 0 bridgehead atoms. The van der Waals surface area contributed by atoms with Crippen LogP contribution in [0.4, 0.5) is 0 Å². The van der Waals surface area contributed by atoms with Gasteiger partial charge in [-0.15, -0.1) is 0 Å². The van der Waals surface area contributed by atoms with Gasteiger partial charge in [-0.05, 0) is 80.7 Å². The Bertz CT molecular complexity index is 838. The predicted octanol–water partition coefficient (Wildman–Crippen LogP) is 11.1. The van der Waals surface area contributed by atoms with Crippen LogP contribution in [0.2, 0.25) is 0 Å². The molecule has 0 saturated carbocycles. The van der Waals surface area contributed by atoms with Gasteiger partial charge >= 0.3 is 0 Å². The van der Waals surface area contributed by atoms with Crippen molar-refractivity contribution in [2.45, 2.75) is 176 Å². The molecule has 2 aromatic heterocycles. The Morgan fingerprint density at radius 2 is 1.30 bits per heavy atom. The molecule has 6 nitrogen and oxygen atoms in total. The molecule has 0 amide bonds. The summed E-state index contributed by atoms with van der Waals surface area (Å²) in [5, 5.41) is 11.9. The number of nitrogens with one attached hydrogen (secondary N) is 1. The lowest BCUT2D eigenvalue weighted by Crippen LogP contribution is -2.25. The zero-order valence-corrected chi connectivity index (χ0v) is 35.4. The summed E-state index contributed by atoms with van der Waals surface area (Å²) in [7, 11) is 0. The van der Waals surface area contributed by atoms with Gasteiger partial charge in [-0.3, -0.25) is 9.36 Å². The minimum Gasteiger partial charge on any atom is -0.317 e. The minimum atomic E-state index is 0.181. The first-order valence-corrected chi connectivity index (χ1v) is 18.9. The van der Waals surface area contributed by atoms with Gasteiger partial charge in [0.15, 0.2) is 0 Å². The van der Waals surface area contributed by atoms with Crippen molar-refractivity contribution in [3.63, 3.8) is 0 Å². The molecule has 46 heavy (non-hydrogen) atoms. The van der Waals surface area contributed by atoms with E-state index in [1.54, 1.807) is 0 Å². The van der Waals surface area contributed by atoms with Gasteiger partial charge in [-0.25, -0.2) is 0 Å². The highest BCUT2D eigenvalue weighted by atomic mass is 15.3. The Morgan fingerprint density at radius 1 is 0.783 bits per heavy atom. The third-order valence-electron chi connectivity index (χ3n) is 7.30. The maximum atomic E-state index is 4.42. The van der Waals surface area contributed by atoms with E-state index in [1.807, 2.05) is 63.3 Å². The predicted molar refractivity (Wildman–Crippen MR) is 210 cm³/mol. The van der Waals surface area contributed by atoms with Gasteiger partial charge in [0.25, 0.3) is 0 Å². The second kappa shape index (κ2) is 28.4. The standard InChI is InChI=1S/C10H21N.2C9H16N2.C6H15N.3C2H6/c1-5-11-7-6-9(8-11)10(2,3)4;1-5-11-7-8(6-10-11)9(2,3)4;1-5-11-7-6-8(10-11)9(2,3)4;1-4-7-5-6(2)3;3*1-2/h9H,5-8H2,1-4H3;2*6-7H,5H2,1-4H3;6-7H,4-5H2,1-3H3;3*1-2H3. The number of hydrogen-bond acceptors (Lipinski definition) is 4. The summed E-state index contributed by atoms with van der Waals surface area (Å²) in [5.41, 5.74) is 3.40. The lowest BCUT2D eigenvalue weighted by Gasteiger charge is -2.26.